The molecule has 21 heavy (non-hydrogen) atoms. The molecule has 0 bridgehead atoms. The van der Waals surface area contributed by atoms with Gasteiger partial charge in [-0.25, -0.2) is 19.6 Å². The average molecular weight is 304 g/mol. The number of carbonyl (C=O) groups is 2. The normalized spacial score (nSPS) is 10.2. The standard InChI is InChI=1S/C14H12N2O4S/c1-8-7-11(16-12(15-8)14(19)20-2)21-10-5-3-9(4-6-10)13(17)18/h3-7H,1-2H3,(H,17,18). The third-order valence-corrected chi connectivity index (χ3v) is 3.45. The molecule has 0 unspecified atom stereocenters. The van der Waals surface area contributed by atoms with Gasteiger partial charge in [-0.15, -0.1) is 0 Å². The quantitative estimate of drug-likeness (QED) is 0.685. The van der Waals surface area contributed by atoms with Crippen LogP contribution < -0.4 is 0 Å². The molecular formula is C14H12N2O4S. The van der Waals surface area contributed by atoms with Crippen LogP contribution in [0.1, 0.15) is 26.7 Å². The summed E-state index contributed by atoms with van der Waals surface area (Å²) in [5.74, 6) is -1.57. The molecule has 1 N–H and O–H groups in total. The number of benzene rings is 1. The molecule has 0 radical (unpaired) electrons. The van der Waals surface area contributed by atoms with Gasteiger partial charge in [0.2, 0.25) is 5.82 Å². The van der Waals surface area contributed by atoms with Crippen LogP contribution in [-0.4, -0.2) is 34.1 Å². The summed E-state index contributed by atoms with van der Waals surface area (Å²) in [6, 6.07) is 8.13. The monoisotopic (exact) mass is 304 g/mol. The fraction of sp³-hybridized carbons (Fsp3) is 0.143. The third kappa shape index (κ3) is 3.79. The summed E-state index contributed by atoms with van der Waals surface area (Å²) < 4.78 is 4.60. The van der Waals surface area contributed by atoms with Crippen LogP contribution >= 0.6 is 11.8 Å². The van der Waals surface area contributed by atoms with Crippen LogP contribution in [0.5, 0.6) is 0 Å². The molecule has 2 rings (SSSR count). The van der Waals surface area contributed by atoms with Crippen molar-refractivity contribution in [3.8, 4) is 0 Å². The van der Waals surface area contributed by atoms with Crippen molar-refractivity contribution in [3.63, 3.8) is 0 Å². The van der Waals surface area contributed by atoms with Crippen LogP contribution in [-0.2, 0) is 4.74 Å². The van der Waals surface area contributed by atoms with Gasteiger partial charge < -0.3 is 9.84 Å². The van der Waals surface area contributed by atoms with Gasteiger partial charge in [0, 0.05) is 10.6 Å². The van der Waals surface area contributed by atoms with E-state index in [9.17, 15) is 9.59 Å². The van der Waals surface area contributed by atoms with Crippen LogP contribution in [0.15, 0.2) is 40.3 Å². The highest BCUT2D eigenvalue weighted by molar-refractivity contribution is 7.99. The lowest BCUT2D eigenvalue weighted by atomic mass is 10.2. The van der Waals surface area contributed by atoms with E-state index in [4.69, 9.17) is 5.11 Å². The largest absolute Gasteiger partial charge is 0.478 e. The molecule has 0 aliphatic carbocycles. The van der Waals surface area contributed by atoms with E-state index in [0.717, 1.165) is 4.90 Å². The number of nitrogens with zero attached hydrogens (tertiary/aromatic N) is 2. The molecule has 0 saturated carbocycles. The van der Waals surface area contributed by atoms with Crippen molar-refractivity contribution in [2.45, 2.75) is 16.8 Å². The Kier molecular flexibility index (Phi) is 4.54. The molecule has 108 valence electrons. The molecular weight excluding hydrogens is 292 g/mol. The molecule has 0 aliphatic heterocycles. The van der Waals surface area contributed by atoms with Gasteiger partial charge in [-0.3, -0.25) is 0 Å². The van der Waals surface area contributed by atoms with Crippen molar-refractivity contribution in [3.05, 3.63) is 47.4 Å². The maximum absolute atomic E-state index is 11.5. The maximum atomic E-state index is 11.5. The Hall–Kier alpha value is -2.41. The number of carboxylic acids is 1. The lowest BCUT2D eigenvalue weighted by Gasteiger charge is -2.05. The van der Waals surface area contributed by atoms with Gasteiger partial charge >= 0.3 is 11.9 Å². The highest BCUT2D eigenvalue weighted by atomic mass is 32.2. The highest BCUT2D eigenvalue weighted by Crippen LogP contribution is 2.26. The molecule has 0 atom stereocenters. The lowest BCUT2D eigenvalue weighted by Crippen LogP contribution is -2.08. The number of aromatic nitrogens is 2. The average Bonchev–Trinajstić information content (AvgIpc) is 2.46. The molecule has 2 aromatic rings. The third-order valence-electron chi connectivity index (χ3n) is 2.52. The van der Waals surface area contributed by atoms with E-state index in [-0.39, 0.29) is 11.4 Å². The number of hydrogen-bond acceptors (Lipinski definition) is 6. The van der Waals surface area contributed by atoms with Crippen molar-refractivity contribution in [1.29, 1.82) is 0 Å². The number of aryl methyl sites for hydroxylation is 1. The number of carbonyl (C=O) groups excluding carboxylic acids is 1. The first kappa shape index (κ1) is 15.0. The van der Waals surface area contributed by atoms with Gasteiger partial charge in [0.25, 0.3) is 0 Å². The Balaban J connectivity index is 2.24. The summed E-state index contributed by atoms with van der Waals surface area (Å²) in [7, 11) is 1.27. The summed E-state index contributed by atoms with van der Waals surface area (Å²) in [5.41, 5.74) is 0.864. The second-order valence-corrected chi connectivity index (χ2v) is 5.19. The first-order valence-electron chi connectivity index (χ1n) is 5.95. The number of hydrogen-bond donors (Lipinski definition) is 1. The second-order valence-electron chi connectivity index (χ2n) is 4.09. The van der Waals surface area contributed by atoms with Crippen LogP contribution in [0.25, 0.3) is 0 Å². The Morgan fingerprint density at radius 1 is 1.19 bits per heavy atom. The fourth-order valence-electron chi connectivity index (χ4n) is 1.56. The van der Waals surface area contributed by atoms with Crippen molar-refractivity contribution in [2.75, 3.05) is 7.11 Å². The van der Waals surface area contributed by atoms with E-state index in [0.29, 0.717) is 10.7 Å². The molecule has 0 saturated heterocycles. The number of rotatable bonds is 4. The Morgan fingerprint density at radius 2 is 1.86 bits per heavy atom. The summed E-state index contributed by atoms with van der Waals surface area (Å²) in [4.78, 5) is 31.2. The smallest absolute Gasteiger partial charge is 0.376 e. The van der Waals surface area contributed by atoms with Crippen LogP contribution in [0.4, 0.5) is 0 Å². The van der Waals surface area contributed by atoms with Crippen molar-refractivity contribution in [2.24, 2.45) is 0 Å². The molecule has 7 heteroatoms. The molecule has 0 spiro atoms. The minimum Gasteiger partial charge on any atom is -0.478 e. The van der Waals surface area contributed by atoms with Gasteiger partial charge in [0.05, 0.1) is 12.7 Å². The Morgan fingerprint density at radius 3 is 2.43 bits per heavy atom. The van der Waals surface area contributed by atoms with Gasteiger partial charge in [0.15, 0.2) is 0 Å². The zero-order valence-electron chi connectivity index (χ0n) is 11.4. The van der Waals surface area contributed by atoms with Crippen LogP contribution in [0.2, 0.25) is 0 Å². The van der Waals surface area contributed by atoms with Crippen LogP contribution in [0.3, 0.4) is 0 Å². The number of ether oxygens (including phenoxy) is 1. The maximum Gasteiger partial charge on any atom is 0.376 e. The molecule has 1 heterocycles. The first-order valence-corrected chi connectivity index (χ1v) is 6.76. The molecule has 0 amide bonds. The van der Waals surface area contributed by atoms with E-state index < -0.39 is 11.9 Å². The van der Waals surface area contributed by atoms with E-state index in [1.165, 1.54) is 31.0 Å². The lowest BCUT2D eigenvalue weighted by molar-refractivity contribution is 0.0584. The first-order chi connectivity index (χ1) is 9.99. The van der Waals surface area contributed by atoms with E-state index in [2.05, 4.69) is 14.7 Å². The van der Waals surface area contributed by atoms with E-state index in [1.54, 1.807) is 25.1 Å². The zero-order valence-corrected chi connectivity index (χ0v) is 12.2. The highest BCUT2D eigenvalue weighted by Gasteiger charge is 2.12. The number of aromatic carboxylic acids is 1. The molecule has 1 aromatic carbocycles. The molecule has 1 aromatic heterocycles. The Labute approximate surface area is 125 Å². The van der Waals surface area contributed by atoms with Gasteiger partial charge in [-0.05, 0) is 37.3 Å². The molecule has 0 aliphatic rings. The second kappa shape index (κ2) is 6.36. The summed E-state index contributed by atoms with van der Waals surface area (Å²) in [5, 5.41) is 9.44. The fourth-order valence-corrected chi connectivity index (χ4v) is 2.44. The number of methoxy groups -OCH3 is 1. The number of esters is 1. The van der Waals surface area contributed by atoms with Crippen molar-refractivity contribution in [1.82, 2.24) is 9.97 Å². The van der Waals surface area contributed by atoms with Gasteiger partial charge in [-0.2, -0.15) is 0 Å². The summed E-state index contributed by atoms with van der Waals surface area (Å²) in [6.45, 7) is 1.76. The number of carboxylic acid groups (broad SMARTS) is 1. The topological polar surface area (TPSA) is 89.4 Å². The minimum absolute atomic E-state index is 0.00200. The molecule has 6 nitrogen and oxygen atoms in total. The van der Waals surface area contributed by atoms with Gasteiger partial charge in [-0.1, -0.05) is 11.8 Å². The molecule has 0 fully saturated rings. The Bertz CT molecular complexity index is 686. The predicted octanol–water partition coefficient (Wildman–Crippen LogP) is 2.42. The van der Waals surface area contributed by atoms with Gasteiger partial charge in [0.1, 0.15) is 5.03 Å². The van der Waals surface area contributed by atoms with E-state index in [1.807, 2.05) is 0 Å². The minimum atomic E-state index is -0.975. The van der Waals surface area contributed by atoms with E-state index >= 15 is 0 Å². The predicted molar refractivity (Wildman–Crippen MR) is 75.6 cm³/mol. The summed E-state index contributed by atoms with van der Waals surface area (Å²) in [6.07, 6.45) is 0. The summed E-state index contributed by atoms with van der Waals surface area (Å²) >= 11 is 1.31. The zero-order chi connectivity index (χ0) is 15.4. The van der Waals surface area contributed by atoms with Crippen molar-refractivity contribution < 1.29 is 19.4 Å². The van der Waals surface area contributed by atoms with Crippen LogP contribution in [0, 0.1) is 6.92 Å². The van der Waals surface area contributed by atoms with Crippen molar-refractivity contribution >= 4 is 23.7 Å². The SMILES string of the molecule is COC(=O)c1nc(C)cc(Sc2ccc(C(=O)O)cc2)n1.